The van der Waals surface area contributed by atoms with Crippen molar-refractivity contribution in [1.29, 1.82) is 0 Å². The molecule has 1 aromatic carbocycles. The molecule has 2 fully saturated rings. The van der Waals surface area contributed by atoms with Crippen molar-refractivity contribution in [2.75, 3.05) is 13.1 Å². The highest BCUT2D eigenvalue weighted by Gasteiger charge is 2.34. The number of likely N-dealkylation sites (tertiary alicyclic amines) is 1. The molecule has 1 atom stereocenters. The van der Waals surface area contributed by atoms with Gasteiger partial charge in [-0.2, -0.15) is 0 Å². The Morgan fingerprint density at radius 1 is 1.00 bits per heavy atom. The Morgan fingerprint density at radius 3 is 2.14 bits per heavy atom. The molecule has 0 spiro atoms. The monoisotopic (exact) mass is 286 g/mol. The van der Waals surface area contributed by atoms with Gasteiger partial charge < -0.3 is 10.2 Å². The highest BCUT2D eigenvalue weighted by Crippen LogP contribution is 2.41. The first-order valence-corrected chi connectivity index (χ1v) is 8.70. The van der Waals surface area contributed by atoms with Gasteiger partial charge >= 0.3 is 0 Å². The van der Waals surface area contributed by atoms with Crippen molar-refractivity contribution < 1.29 is 0 Å². The summed E-state index contributed by atoms with van der Waals surface area (Å²) >= 11 is 0. The minimum atomic E-state index is 0.584. The van der Waals surface area contributed by atoms with Crippen molar-refractivity contribution in [3.05, 3.63) is 35.4 Å². The van der Waals surface area contributed by atoms with Crippen LogP contribution in [0, 0.1) is 12.8 Å². The predicted octanol–water partition coefficient (Wildman–Crippen LogP) is 3.91. The van der Waals surface area contributed by atoms with E-state index in [-0.39, 0.29) is 0 Å². The number of nitrogens with zero attached hydrogens (tertiary/aromatic N) is 1. The lowest BCUT2D eigenvalue weighted by Crippen LogP contribution is -2.46. The summed E-state index contributed by atoms with van der Waals surface area (Å²) in [5.41, 5.74) is 2.85. The lowest BCUT2D eigenvalue weighted by Gasteiger charge is -2.36. The molecule has 0 bridgehead atoms. The van der Waals surface area contributed by atoms with Crippen molar-refractivity contribution in [2.45, 2.75) is 64.6 Å². The topological polar surface area (TPSA) is 15.3 Å². The van der Waals surface area contributed by atoms with Crippen LogP contribution in [-0.4, -0.2) is 30.1 Å². The van der Waals surface area contributed by atoms with Crippen LogP contribution in [0.25, 0.3) is 0 Å². The number of piperidine rings is 1. The first-order chi connectivity index (χ1) is 10.1. The molecular formula is C19H30N2. The van der Waals surface area contributed by atoms with Crippen molar-refractivity contribution in [2.24, 2.45) is 5.92 Å². The summed E-state index contributed by atoms with van der Waals surface area (Å²) in [6, 6.07) is 11.2. The van der Waals surface area contributed by atoms with Crippen LogP contribution < -0.4 is 5.32 Å². The molecule has 1 N–H and O–H groups in total. The van der Waals surface area contributed by atoms with Crippen LogP contribution in [0.1, 0.15) is 56.7 Å². The molecule has 0 radical (unpaired) electrons. The number of aryl methyl sites for hydroxylation is 1. The summed E-state index contributed by atoms with van der Waals surface area (Å²) in [7, 11) is 0. The molecule has 21 heavy (non-hydrogen) atoms. The summed E-state index contributed by atoms with van der Waals surface area (Å²) in [6.07, 6.45) is 5.40. The average molecular weight is 286 g/mol. The Balaban J connectivity index is 1.60. The molecule has 1 unspecified atom stereocenters. The summed E-state index contributed by atoms with van der Waals surface area (Å²) in [6.45, 7) is 9.30. The Labute approximate surface area is 129 Å². The zero-order chi connectivity index (χ0) is 14.8. The molecule has 1 saturated carbocycles. The second kappa shape index (κ2) is 6.50. The highest BCUT2D eigenvalue weighted by molar-refractivity contribution is 5.25. The molecule has 2 nitrogen and oxygen atoms in total. The third-order valence-electron chi connectivity index (χ3n) is 5.20. The van der Waals surface area contributed by atoms with Crippen LogP contribution in [-0.2, 0) is 0 Å². The Bertz CT molecular complexity index is 439. The lowest BCUT2D eigenvalue weighted by atomic mass is 9.97. The van der Waals surface area contributed by atoms with E-state index in [9.17, 15) is 0 Å². The van der Waals surface area contributed by atoms with E-state index in [0.29, 0.717) is 18.1 Å². The van der Waals surface area contributed by atoms with Gasteiger partial charge in [-0.15, -0.1) is 0 Å². The summed E-state index contributed by atoms with van der Waals surface area (Å²) in [5, 5.41) is 3.99. The molecule has 3 rings (SSSR count). The SMILES string of the molecule is Cc1ccc(C(NC2CCN(C(C)C)CC2)C2CC2)cc1. The molecule has 0 aromatic heterocycles. The van der Waals surface area contributed by atoms with Crippen molar-refractivity contribution in [1.82, 2.24) is 10.2 Å². The zero-order valence-corrected chi connectivity index (χ0v) is 13.8. The second-order valence-corrected chi connectivity index (χ2v) is 7.30. The summed E-state index contributed by atoms with van der Waals surface area (Å²) in [5.74, 6) is 0.871. The van der Waals surface area contributed by atoms with Gasteiger partial charge in [0.25, 0.3) is 0 Å². The molecule has 1 aliphatic heterocycles. The van der Waals surface area contributed by atoms with Gasteiger partial charge in [-0.05, 0) is 71.0 Å². The second-order valence-electron chi connectivity index (χ2n) is 7.30. The van der Waals surface area contributed by atoms with Gasteiger partial charge in [0.2, 0.25) is 0 Å². The fourth-order valence-electron chi connectivity index (χ4n) is 3.54. The Hall–Kier alpha value is -0.860. The Morgan fingerprint density at radius 2 is 1.62 bits per heavy atom. The van der Waals surface area contributed by atoms with E-state index in [1.165, 1.54) is 49.9 Å². The van der Waals surface area contributed by atoms with E-state index in [2.05, 4.69) is 55.3 Å². The van der Waals surface area contributed by atoms with Crippen LogP contribution in [0.2, 0.25) is 0 Å². The lowest BCUT2D eigenvalue weighted by molar-refractivity contribution is 0.154. The fraction of sp³-hybridized carbons (Fsp3) is 0.684. The minimum Gasteiger partial charge on any atom is -0.307 e. The van der Waals surface area contributed by atoms with E-state index in [4.69, 9.17) is 0 Å². The number of rotatable bonds is 5. The van der Waals surface area contributed by atoms with E-state index in [1.807, 2.05) is 0 Å². The van der Waals surface area contributed by atoms with Gasteiger partial charge in [-0.25, -0.2) is 0 Å². The van der Waals surface area contributed by atoms with Crippen LogP contribution in [0.3, 0.4) is 0 Å². The summed E-state index contributed by atoms with van der Waals surface area (Å²) < 4.78 is 0. The van der Waals surface area contributed by atoms with E-state index >= 15 is 0 Å². The molecular weight excluding hydrogens is 256 g/mol. The van der Waals surface area contributed by atoms with Crippen LogP contribution in [0.4, 0.5) is 0 Å². The minimum absolute atomic E-state index is 0.584. The fourth-order valence-corrected chi connectivity index (χ4v) is 3.54. The van der Waals surface area contributed by atoms with E-state index in [1.54, 1.807) is 0 Å². The molecule has 2 aliphatic rings. The molecule has 1 aliphatic carbocycles. The zero-order valence-electron chi connectivity index (χ0n) is 13.8. The van der Waals surface area contributed by atoms with Crippen molar-refractivity contribution in [3.8, 4) is 0 Å². The molecule has 1 aromatic rings. The van der Waals surface area contributed by atoms with Gasteiger partial charge in [-0.3, -0.25) is 0 Å². The number of nitrogens with one attached hydrogen (secondary N) is 1. The van der Waals surface area contributed by atoms with Crippen LogP contribution >= 0.6 is 0 Å². The largest absolute Gasteiger partial charge is 0.307 e. The first kappa shape index (κ1) is 15.1. The van der Waals surface area contributed by atoms with Gasteiger partial charge in [0.1, 0.15) is 0 Å². The normalized spacial score (nSPS) is 22.7. The number of hydrogen-bond donors (Lipinski definition) is 1. The molecule has 116 valence electrons. The van der Waals surface area contributed by atoms with Gasteiger partial charge in [0.15, 0.2) is 0 Å². The maximum atomic E-state index is 3.99. The van der Waals surface area contributed by atoms with Gasteiger partial charge in [0.05, 0.1) is 0 Å². The maximum Gasteiger partial charge on any atom is 0.0351 e. The van der Waals surface area contributed by atoms with Crippen molar-refractivity contribution >= 4 is 0 Å². The molecule has 0 amide bonds. The quantitative estimate of drug-likeness (QED) is 0.883. The molecule has 1 saturated heterocycles. The van der Waals surface area contributed by atoms with Crippen LogP contribution in [0.15, 0.2) is 24.3 Å². The van der Waals surface area contributed by atoms with Crippen LogP contribution in [0.5, 0.6) is 0 Å². The first-order valence-electron chi connectivity index (χ1n) is 8.70. The number of benzene rings is 1. The molecule has 2 heteroatoms. The highest BCUT2D eigenvalue weighted by atomic mass is 15.2. The standard InChI is InChI=1S/C19H30N2/c1-14(2)21-12-10-18(11-13-21)20-19(17-8-9-17)16-6-4-15(3)5-7-16/h4-7,14,17-20H,8-13H2,1-3H3. The number of hydrogen-bond acceptors (Lipinski definition) is 2. The third kappa shape index (κ3) is 3.87. The van der Waals surface area contributed by atoms with E-state index in [0.717, 1.165) is 5.92 Å². The summed E-state index contributed by atoms with van der Waals surface area (Å²) in [4.78, 5) is 2.61. The van der Waals surface area contributed by atoms with E-state index < -0.39 is 0 Å². The van der Waals surface area contributed by atoms with Crippen molar-refractivity contribution in [3.63, 3.8) is 0 Å². The van der Waals surface area contributed by atoms with Gasteiger partial charge in [0, 0.05) is 18.1 Å². The maximum absolute atomic E-state index is 3.99. The molecule has 1 heterocycles. The van der Waals surface area contributed by atoms with Gasteiger partial charge in [-0.1, -0.05) is 29.8 Å². The smallest absolute Gasteiger partial charge is 0.0351 e. The Kier molecular flexibility index (Phi) is 4.66. The third-order valence-corrected chi connectivity index (χ3v) is 5.20. The average Bonchev–Trinajstić information content (AvgIpc) is 3.31. The predicted molar refractivity (Wildman–Crippen MR) is 89.5 cm³/mol.